The molecule has 5 nitrogen and oxygen atoms in total. The van der Waals surface area contributed by atoms with E-state index < -0.39 is 26.7 Å². The highest BCUT2D eigenvalue weighted by atomic mass is 32.3. The first-order valence-corrected chi connectivity index (χ1v) is 13.4. The summed E-state index contributed by atoms with van der Waals surface area (Å²) in [6, 6.07) is 0. The van der Waals surface area contributed by atoms with Crippen LogP contribution in [0.1, 0.15) is 60.3 Å². The van der Waals surface area contributed by atoms with E-state index in [1.54, 1.807) is 0 Å². The van der Waals surface area contributed by atoms with E-state index in [1.807, 2.05) is 6.92 Å². The maximum absolute atomic E-state index is 13.0. The molecule has 4 fully saturated rings. The number of carboxylic acids is 1. The predicted molar refractivity (Wildman–Crippen MR) is 118 cm³/mol. The Labute approximate surface area is 181 Å². The predicted octanol–water partition coefficient (Wildman–Crippen LogP) is 4.60. The molecule has 168 valence electrons. The van der Waals surface area contributed by atoms with Crippen molar-refractivity contribution in [2.24, 2.45) is 40.4 Å². The fourth-order valence-electron chi connectivity index (χ4n) is 7.60. The van der Waals surface area contributed by atoms with E-state index in [9.17, 15) is 19.5 Å². The number of aliphatic carboxylic acids is 1. The van der Waals surface area contributed by atoms with Crippen molar-refractivity contribution in [2.45, 2.75) is 65.6 Å². The van der Waals surface area contributed by atoms with Crippen LogP contribution in [-0.4, -0.2) is 39.8 Å². The van der Waals surface area contributed by atoms with E-state index in [4.69, 9.17) is 4.74 Å². The molecule has 3 saturated heterocycles. The van der Waals surface area contributed by atoms with Gasteiger partial charge in [0.25, 0.3) is 0 Å². The van der Waals surface area contributed by atoms with Crippen LogP contribution in [0.4, 0.5) is 0 Å². The Morgan fingerprint density at radius 3 is 2.50 bits per heavy atom. The lowest BCUT2D eigenvalue weighted by Crippen LogP contribution is -2.56. The second-order valence-corrected chi connectivity index (χ2v) is 14.7. The highest BCUT2D eigenvalue weighted by Gasteiger charge is 2.66. The van der Waals surface area contributed by atoms with Gasteiger partial charge in [0.15, 0.2) is 0 Å². The van der Waals surface area contributed by atoms with Gasteiger partial charge in [-0.15, -0.1) is 0 Å². The fourth-order valence-corrected chi connectivity index (χ4v) is 13.5. The normalized spacial score (nSPS) is 50.6. The van der Waals surface area contributed by atoms with Crippen LogP contribution < -0.4 is 0 Å². The van der Waals surface area contributed by atoms with E-state index in [-0.39, 0.29) is 35.1 Å². The number of carbonyl (C=O) groups excluding carboxylic acids is 2. The minimum atomic E-state index is -1.65. The number of esters is 2. The molecule has 0 aromatic rings. The summed E-state index contributed by atoms with van der Waals surface area (Å²) in [4.78, 5) is 39.1. The van der Waals surface area contributed by atoms with Crippen LogP contribution in [0.15, 0.2) is 11.5 Å². The minimum absolute atomic E-state index is 0.0188. The number of ether oxygens (including phenoxy) is 1. The molecule has 8 unspecified atom stereocenters. The van der Waals surface area contributed by atoms with E-state index in [0.717, 1.165) is 35.7 Å². The van der Waals surface area contributed by atoms with Crippen LogP contribution in [0.3, 0.4) is 0 Å². The monoisotopic (exact) mass is 436 g/mol. The zero-order valence-corrected chi connectivity index (χ0v) is 19.7. The number of hydrogen-bond acceptors (Lipinski definition) is 4. The number of carbonyl (C=O) groups is 3. The number of allylic oxidation sites excluding steroid dienone is 1. The zero-order chi connectivity index (χ0) is 22.2. The van der Waals surface area contributed by atoms with Crippen LogP contribution in [-0.2, 0) is 19.1 Å². The lowest BCUT2D eigenvalue weighted by Gasteiger charge is -2.65. The van der Waals surface area contributed by atoms with Crippen LogP contribution >= 0.6 is 10.0 Å². The van der Waals surface area contributed by atoms with E-state index in [2.05, 4.69) is 34.3 Å². The molecule has 4 aliphatic rings. The van der Waals surface area contributed by atoms with Gasteiger partial charge in [-0.3, -0.25) is 14.4 Å². The Morgan fingerprint density at radius 1 is 1.23 bits per heavy atom. The molecule has 0 aromatic heterocycles. The number of cyclic esters (lactones) is 2. The first kappa shape index (κ1) is 21.9. The van der Waals surface area contributed by atoms with Crippen molar-refractivity contribution in [3.05, 3.63) is 11.5 Å². The van der Waals surface area contributed by atoms with Crippen LogP contribution in [0, 0.1) is 40.4 Å². The average molecular weight is 437 g/mol. The van der Waals surface area contributed by atoms with Crippen molar-refractivity contribution in [3.8, 4) is 0 Å². The Balaban J connectivity index is 1.82. The molecule has 0 bridgehead atoms. The quantitative estimate of drug-likeness (QED) is 0.506. The minimum Gasteiger partial charge on any atom is -0.481 e. The van der Waals surface area contributed by atoms with Gasteiger partial charge in [-0.2, -0.15) is 0 Å². The third-order valence-corrected chi connectivity index (χ3v) is 14.3. The van der Waals surface area contributed by atoms with E-state index in [1.165, 1.54) is 0 Å². The summed E-state index contributed by atoms with van der Waals surface area (Å²) in [5.41, 5.74) is -1.07. The van der Waals surface area contributed by atoms with Gasteiger partial charge < -0.3 is 9.84 Å². The molecule has 8 atom stereocenters. The first-order chi connectivity index (χ1) is 13.9. The third kappa shape index (κ3) is 2.64. The number of carboxylic acid groups (broad SMARTS) is 1. The average Bonchev–Trinajstić information content (AvgIpc) is 2.96. The second-order valence-electron chi connectivity index (χ2n) is 11.0. The van der Waals surface area contributed by atoms with Gasteiger partial charge in [-0.25, -0.2) is 10.0 Å². The molecule has 6 heteroatoms. The van der Waals surface area contributed by atoms with Gasteiger partial charge in [0.05, 0.1) is 11.3 Å². The molecule has 0 radical (unpaired) electrons. The molecule has 30 heavy (non-hydrogen) atoms. The molecule has 1 spiro atoms. The van der Waals surface area contributed by atoms with Gasteiger partial charge >= 0.3 is 17.9 Å². The highest BCUT2D eigenvalue weighted by molar-refractivity contribution is 8.37. The lowest BCUT2D eigenvalue weighted by molar-refractivity contribution is -0.158. The van der Waals surface area contributed by atoms with Crippen molar-refractivity contribution in [1.82, 2.24) is 0 Å². The molecule has 1 N–H and O–H groups in total. The van der Waals surface area contributed by atoms with Gasteiger partial charge in [0.2, 0.25) is 0 Å². The summed E-state index contributed by atoms with van der Waals surface area (Å²) in [6.07, 6.45) is 3.25. The molecule has 4 rings (SSSR count). The molecular weight excluding hydrogens is 400 g/mol. The molecular formula is C24H36O5S. The molecule has 3 heterocycles. The maximum Gasteiger partial charge on any atom is 0.326 e. The standard InChI is InChI=1S/C24H36O5S/c1-13(2)16-12-30(19-18(14(16)3)20(25)29-21(19)26)11-8-17-23(5,15(30)4)9-7-10-24(17,6)22(27)28/h13-14,16-19H,4,7-12H2,1-3,5-6H3,(H,27,28). The van der Waals surface area contributed by atoms with Crippen molar-refractivity contribution in [3.63, 3.8) is 0 Å². The maximum atomic E-state index is 13.0. The Hall–Kier alpha value is -1.30. The van der Waals surface area contributed by atoms with Crippen LogP contribution in [0.2, 0.25) is 0 Å². The summed E-state index contributed by atoms with van der Waals surface area (Å²) in [5.74, 6) is 0.792. The van der Waals surface area contributed by atoms with Gasteiger partial charge in [0.1, 0.15) is 5.25 Å². The van der Waals surface area contributed by atoms with E-state index >= 15 is 0 Å². The number of fused-ring (bicyclic) bond motifs is 3. The smallest absolute Gasteiger partial charge is 0.326 e. The summed E-state index contributed by atoms with van der Waals surface area (Å²) in [7, 11) is -1.65. The summed E-state index contributed by atoms with van der Waals surface area (Å²) >= 11 is 0. The molecule has 1 aliphatic carbocycles. The van der Waals surface area contributed by atoms with Crippen molar-refractivity contribution < 1.29 is 24.2 Å². The van der Waals surface area contributed by atoms with Crippen molar-refractivity contribution in [2.75, 3.05) is 11.5 Å². The van der Waals surface area contributed by atoms with Gasteiger partial charge in [-0.1, -0.05) is 40.7 Å². The zero-order valence-electron chi connectivity index (χ0n) is 18.9. The first-order valence-electron chi connectivity index (χ1n) is 11.4. The van der Waals surface area contributed by atoms with Gasteiger partial charge in [-0.05, 0) is 66.3 Å². The van der Waals surface area contributed by atoms with E-state index in [0.29, 0.717) is 18.3 Å². The number of rotatable bonds is 2. The molecule has 0 amide bonds. The Morgan fingerprint density at radius 2 is 1.90 bits per heavy atom. The largest absolute Gasteiger partial charge is 0.481 e. The van der Waals surface area contributed by atoms with Crippen molar-refractivity contribution in [1.29, 1.82) is 0 Å². The van der Waals surface area contributed by atoms with Crippen molar-refractivity contribution >= 4 is 27.9 Å². The highest BCUT2D eigenvalue weighted by Crippen LogP contribution is 2.78. The Kier molecular flexibility index (Phi) is 5.00. The second kappa shape index (κ2) is 6.85. The SMILES string of the molecule is C=C1C2(C)CCCC(C)(C(=O)O)C2CCS12CC(C(C)C)C(C)C1C(=O)OC(=O)C12. The summed E-state index contributed by atoms with van der Waals surface area (Å²) in [5, 5.41) is 9.68. The topological polar surface area (TPSA) is 80.7 Å². The molecule has 1 saturated carbocycles. The molecule has 0 aromatic carbocycles. The van der Waals surface area contributed by atoms with Crippen LogP contribution in [0.5, 0.6) is 0 Å². The van der Waals surface area contributed by atoms with Gasteiger partial charge in [0, 0.05) is 5.41 Å². The number of hydrogen-bond donors (Lipinski definition) is 1. The fraction of sp³-hybridized carbons (Fsp3) is 0.792. The third-order valence-electron chi connectivity index (χ3n) is 9.42. The van der Waals surface area contributed by atoms with Crippen LogP contribution in [0.25, 0.3) is 0 Å². The summed E-state index contributed by atoms with van der Waals surface area (Å²) < 4.78 is 5.24. The summed E-state index contributed by atoms with van der Waals surface area (Å²) in [6.45, 7) is 15.2. The molecule has 3 aliphatic heterocycles. The lowest BCUT2D eigenvalue weighted by atomic mass is 9.54. The Bertz CT molecular complexity index is 820.